The van der Waals surface area contributed by atoms with E-state index in [4.69, 9.17) is 4.74 Å². The summed E-state index contributed by atoms with van der Waals surface area (Å²) in [6.07, 6.45) is 6.41. The number of hydrogen-bond donors (Lipinski definition) is 1. The van der Waals surface area contributed by atoms with E-state index in [1.54, 1.807) is 12.5 Å². The minimum atomic E-state index is -0.791. The molecule has 0 radical (unpaired) electrons. The summed E-state index contributed by atoms with van der Waals surface area (Å²) in [5.74, 6) is 1.47. The van der Waals surface area contributed by atoms with Crippen LogP contribution >= 0.6 is 0 Å². The Hall–Kier alpha value is -0.880. The summed E-state index contributed by atoms with van der Waals surface area (Å²) in [5, 5.41) is 3.28. The molecule has 1 aromatic heterocycles. The summed E-state index contributed by atoms with van der Waals surface area (Å²) < 4.78 is 18.5. The molecule has 0 aromatic carbocycles. The summed E-state index contributed by atoms with van der Waals surface area (Å²) in [5.41, 5.74) is 0. The number of rotatable bonds is 9. The van der Waals surface area contributed by atoms with E-state index in [9.17, 15) is 4.21 Å². The Bertz CT molecular complexity index is 368. The zero-order valence-corrected chi connectivity index (χ0v) is 12.2. The zero-order chi connectivity index (χ0) is 13.4. The van der Waals surface area contributed by atoms with Gasteiger partial charge in [0.2, 0.25) is 5.95 Å². The summed E-state index contributed by atoms with van der Waals surface area (Å²) in [6.45, 7) is 6.42. The molecule has 5 nitrogen and oxygen atoms in total. The van der Waals surface area contributed by atoms with E-state index in [0.29, 0.717) is 5.75 Å². The summed E-state index contributed by atoms with van der Waals surface area (Å²) in [4.78, 5) is 4.27. The topological polar surface area (TPSA) is 56.1 Å². The SMILES string of the molecule is CCOCCCn1ccnc1NC(C)CS(C)=O. The highest BCUT2D eigenvalue weighted by molar-refractivity contribution is 7.84. The van der Waals surface area contributed by atoms with Gasteiger partial charge >= 0.3 is 0 Å². The third kappa shape index (κ3) is 5.64. The molecule has 18 heavy (non-hydrogen) atoms. The van der Waals surface area contributed by atoms with Crippen molar-refractivity contribution in [2.45, 2.75) is 32.9 Å². The lowest BCUT2D eigenvalue weighted by Gasteiger charge is -2.15. The fourth-order valence-electron chi connectivity index (χ4n) is 1.73. The quantitative estimate of drug-likeness (QED) is 0.693. The van der Waals surface area contributed by atoms with Crippen LogP contribution in [0.15, 0.2) is 12.4 Å². The van der Waals surface area contributed by atoms with Crippen LogP contribution in [0.2, 0.25) is 0 Å². The lowest BCUT2D eigenvalue weighted by Crippen LogP contribution is -2.24. The molecule has 0 fully saturated rings. The number of nitrogens with zero attached hydrogens (tertiary/aromatic N) is 2. The highest BCUT2D eigenvalue weighted by Crippen LogP contribution is 2.07. The number of imidazole rings is 1. The molecule has 1 heterocycles. The first-order chi connectivity index (χ1) is 8.63. The van der Waals surface area contributed by atoms with Crippen LogP contribution in [0.25, 0.3) is 0 Å². The molecular formula is C12H23N3O2S. The van der Waals surface area contributed by atoms with Gasteiger partial charge in [-0.05, 0) is 20.3 Å². The maximum atomic E-state index is 11.1. The molecule has 6 heteroatoms. The van der Waals surface area contributed by atoms with Crippen LogP contribution in [-0.4, -0.2) is 45.0 Å². The van der Waals surface area contributed by atoms with Crippen molar-refractivity contribution in [1.82, 2.24) is 9.55 Å². The molecule has 1 N–H and O–H groups in total. The summed E-state index contributed by atoms with van der Waals surface area (Å²) in [7, 11) is -0.791. The molecule has 0 aliphatic carbocycles. The normalized spacial score (nSPS) is 14.4. The van der Waals surface area contributed by atoms with E-state index >= 15 is 0 Å². The third-order valence-corrected chi connectivity index (χ3v) is 3.44. The van der Waals surface area contributed by atoms with Crippen molar-refractivity contribution in [3.05, 3.63) is 12.4 Å². The van der Waals surface area contributed by atoms with Crippen molar-refractivity contribution in [3.63, 3.8) is 0 Å². The second-order valence-electron chi connectivity index (χ2n) is 4.28. The zero-order valence-electron chi connectivity index (χ0n) is 11.4. The van der Waals surface area contributed by atoms with Crippen molar-refractivity contribution in [1.29, 1.82) is 0 Å². The van der Waals surface area contributed by atoms with Crippen LogP contribution in [0.5, 0.6) is 0 Å². The molecule has 1 rings (SSSR count). The first-order valence-electron chi connectivity index (χ1n) is 6.29. The summed E-state index contributed by atoms with van der Waals surface area (Å²) in [6, 6.07) is 0.156. The van der Waals surface area contributed by atoms with Gasteiger partial charge in [0, 0.05) is 61.0 Å². The predicted octanol–water partition coefficient (Wildman–Crippen LogP) is 1.49. The van der Waals surface area contributed by atoms with E-state index < -0.39 is 10.8 Å². The number of anilines is 1. The number of hydrogen-bond acceptors (Lipinski definition) is 4. The van der Waals surface area contributed by atoms with Crippen LogP contribution in [0.3, 0.4) is 0 Å². The van der Waals surface area contributed by atoms with E-state index in [-0.39, 0.29) is 6.04 Å². The molecular weight excluding hydrogens is 250 g/mol. The van der Waals surface area contributed by atoms with Gasteiger partial charge in [0.25, 0.3) is 0 Å². The second-order valence-corrected chi connectivity index (χ2v) is 5.76. The van der Waals surface area contributed by atoms with Crippen LogP contribution < -0.4 is 5.32 Å². The first-order valence-corrected chi connectivity index (χ1v) is 8.01. The number of nitrogens with one attached hydrogen (secondary N) is 1. The van der Waals surface area contributed by atoms with E-state index in [1.807, 2.05) is 20.0 Å². The Morgan fingerprint density at radius 1 is 1.61 bits per heavy atom. The number of ether oxygens (including phenoxy) is 1. The molecule has 0 saturated carbocycles. The molecule has 0 bridgehead atoms. The van der Waals surface area contributed by atoms with Crippen LogP contribution in [0.1, 0.15) is 20.3 Å². The minimum Gasteiger partial charge on any atom is -0.382 e. The minimum absolute atomic E-state index is 0.156. The first kappa shape index (κ1) is 15.2. The molecule has 1 aromatic rings. The fraction of sp³-hybridized carbons (Fsp3) is 0.750. The van der Waals surface area contributed by atoms with Gasteiger partial charge < -0.3 is 14.6 Å². The average molecular weight is 273 g/mol. The van der Waals surface area contributed by atoms with Crippen LogP contribution in [0.4, 0.5) is 5.95 Å². The molecule has 2 unspecified atom stereocenters. The Kier molecular flexibility index (Phi) is 6.97. The van der Waals surface area contributed by atoms with E-state index in [0.717, 1.165) is 32.1 Å². The maximum Gasteiger partial charge on any atom is 0.203 e. The summed E-state index contributed by atoms with van der Waals surface area (Å²) >= 11 is 0. The molecule has 0 amide bonds. The van der Waals surface area contributed by atoms with Gasteiger partial charge in [-0.2, -0.15) is 0 Å². The largest absolute Gasteiger partial charge is 0.382 e. The van der Waals surface area contributed by atoms with Gasteiger partial charge in [-0.25, -0.2) is 4.98 Å². The second kappa shape index (κ2) is 8.26. The number of aryl methyl sites for hydroxylation is 1. The predicted molar refractivity (Wildman–Crippen MR) is 75.4 cm³/mol. The van der Waals surface area contributed by atoms with Crippen molar-refractivity contribution in [2.24, 2.45) is 0 Å². The van der Waals surface area contributed by atoms with Crippen LogP contribution in [0, 0.1) is 0 Å². The monoisotopic (exact) mass is 273 g/mol. The van der Waals surface area contributed by atoms with E-state index in [1.165, 1.54) is 0 Å². The smallest absolute Gasteiger partial charge is 0.203 e. The number of aromatic nitrogens is 2. The fourth-order valence-corrected chi connectivity index (χ4v) is 2.51. The lowest BCUT2D eigenvalue weighted by molar-refractivity contribution is 0.142. The van der Waals surface area contributed by atoms with Crippen molar-refractivity contribution < 1.29 is 8.95 Å². The molecule has 104 valence electrons. The van der Waals surface area contributed by atoms with Crippen LogP contribution in [-0.2, 0) is 22.1 Å². The third-order valence-electron chi connectivity index (χ3n) is 2.47. The van der Waals surface area contributed by atoms with E-state index in [2.05, 4.69) is 14.9 Å². The lowest BCUT2D eigenvalue weighted by atomic mass is 10.4. The molecule has 2 atom stereocenters. The Labute approximate surface area is 111 Å². The Morgan fingerprint density at radius 2 is 2.39 bits per heavy atom. The highest BCUT2D eigenvalue weighted by atomic mass is 32.2. The molecule has 0 aliphatic heterocycles. The van der Waals surface area contributed by atoms with Crippen molar-refractivity contribution >= 4 is 16.7 Å². The van der Waals surface area contributed by atoms with Gasteiger partial charge in [0.1, 0.15) is 0 Å². The molecule has 0 spiro atoms. The van der Waals surface area contributed by atoms with Gasteiger partial charge in [-0.3, -0.25) is 4.21 Å². The average Bonchev–Trinajstić information content (AvgIpc) is 2.71. The van der Waals surface area contributed by atoms with Gasteiger partial charge in [0.15, 0.2) is 0 Å². The van der Waals surface area contributed by atoms with Crippen molar-refractivity contribution in [3.8, 4) is 0 Å². The van der Waals surface area contributed by atoms with Gasteiger partial charge in [-0.15, -0.1) is 0 Å². The standard InChI is InChI=1S/C12H23N3O2S/c1-4-17-9-5-7-15-8-6-13-12(15)14-11(2)10-18(3)16/h6,8,11H,4-5,7,9-10H2,1-3H3,(H,13,14). The van der Waals surface area contributed by atoms with Gasteiger partial charge in [-0.1, -0.05) is 0 Å². The highest BCUT2D eigenvalue weighted by Gasteiger charge is 2.08. The maximum absolute atomic E-state index is 11.1. The van der Waals surface area contributed by atoms with Gasteiger partial charge in [0.05, 0.1) is 0 Å². The molecule has 0 aliphatic rings. The molecule has 0 saturated heterocycles. The Balaban J connectivity index is 2.41. The Morgan fingerprint density at radius 3 is 3.06 bits per heavy atom. The van der Waals surface area contributed by atoms with Crippen molar-refractivity contribution in [2.75, 3.05) is 30.5 Å².